The van der Waals surface area contributed by atoms with E-state index in [9.17, 15) is 0 Å². The van der Waals surface area contributed by atoms with Gasteiger partial charge in [-0.25, -0.2) is 4.98 Å². The SMILES string of the molecule is CCN1CCN(c2nc3c(cc2CN)CCC3)CC1C. The van der Waals surface area contributed by atoms with Gasteiger partial charge in [0, 0.05) is 43.5 Å². The number of piperazine rings is 1. The number of pyridine rings is 1. The van der Waals surface area contributed by atoms with E-state index in [4.69, 9.17) is 10.7 Å². The van der Waals surface area contributed by atoms with Crippen LogP contribution in [0, 0.1) is 0 Å². The third-order valence-corrected chi connectivity index (χ3v) is 4.80. The Labute approximate surface area is 122 Å². The molecule has 20 heavy (non-hydrogen) atoms. The van der Waals surface area contributed by atoms with Crippen LogP contribution in [0.4, 0.5) is 5.82 Å². The average molecular weight is 274 g/mol. The van der Waals surface area contributed by atoms with Crippen molar-refractivity contribution in [3.8, 4) is 0 Å². The summed E-state index contributed by atoms with van der Waals surface area (Å²) in [5.41, 5.74) is 9.92. The predicted molar refractivity (Wildman–Crippen MR) is 83.1 cm³/mol. The van der Waals surface area contributed by atoms with Gasteiger partial charge >= 0.3 is 0 Å². The van der Waals surface area contributed by atoms with Crippen LogP contribution < -0.4 is 10.6 Å². The highest BCUT2D eigenvalue weighted by Crippen LogP contribution is 2.28. The number of anilines is 1. The molecule has 4 heteroatoms. The largest absolute Gasteiger partial charge is 0.353 e. The lowest BCUT2D eigenvalue weighted by Crippen LogP contribution is -2.52. The number of aryl methyl sites for hydroxylation is 2. The average Bonchev–Trinajstić information content (AvgIpc) is 2.92. The summed E-state index contributed by atoms with van der Waals surface area (Å²) in [5.74, 6) is 1.15. The quantitative estimate of drug-likeness (QED) is 0.908. The molecule has 0 aromatic carbocycles. The highest BCUT2D eigenvalue weighted by molar-refractivity contribution is 5.51. The van der Waals surface area contributed by atoms with Gasteiger partial charge in [0.25, 0.3) is 0 Å². The van der Waals surface area contributed by atoms with Gasteiger partial charge in [0.15, 0.2) is 0 Å². The van der Waals surface area contributed by atoms with Gasteiger partial charge < -0.3 is 10.6 Å². The summed E-state index contributed by atoms with van der Waals surface area (Å²) < 4.78 is 0. The van der Waals surface area contributed by atoms with Crippen LogP contribution in [0.25, 0.3) is 0 Å². The molecule has 1 saturated heterocycles. The zero-order chi connectivity index (χ0) is 14.1. The third-order valence-electron chi connectivity index (χ3n) is 4.80. The lowest BCUT2D eigenvalue weighted by Gasteiger charge is -2.40. The van der Waals surface area contributed by atoms with Crippen LogP contribution in [-0.2, 0) is 19.4 Å². The Balaban J connectivity index is 1.86. The zero-order valence-corrected chi connectivity index (χ0v) is 12.7. The predicted octanol–water partition coefficient (Wildman–Crippen LogP) is 1.56. The molecule has 1 atom stereocenters. The van der Waals surface area contributed by atoms with Crippen molar-refractivity contribution >= 4 is 5.82 Å². The monoisotopic (exact) mass is 274 g/mol. The van der Waals surface area contributed by atoms with Crippen LogP contribution in [0.15, 0.2) is 6.07 Å². The first-order valence-corrected chi connectivity index (χ1v) is 7.93. The molecule has 1 aliphatic heterocycles. The Kier molecular flexibility index (Phi) is 3.94. The fourth-order valence-electron chi connectivity index (χ4n) is 3.59. The molecule has 1 aliphatic carbocycles. The van der Waals surface area contributed by atoms with Crippen molar-refractivity contribution in [3.05, 3.63) is 22.9 Å². The summed E-state index contributed by atoms with van der Waals surface area (Å²) in [6.07, 6.45) is 3.56. The minimum absolute atomic E-state index is 0.592. The molecule has 1 aromatic rings. The maximum absolute atomic E-state index is 5.96. The molecule has 3 rings (SSSR count). The third kappa shape index (κ3) is 2.42. The van der Waals surface area contributed by atoms with Crippen LogP contribution in [0.2, 0.25) is 0 Å². The lowest BCUT2D eigenvalue weighted by atomic mass is 10.1. The zero-order valence-electron chi connectivity index (χ0n) is 12.7. The van der Waals surface area contributed by atoms with E-state index in [1.807, 2.05) is 0 Å². The maximum atomic E-state index is 5.96. The number of hydrogen-bond donors (Lipinski definition) is 1. The summed E-state index contributed by atoms with van der Waals surface area (Å²) >= 11 is 0. The van der Waals surface area contributed by atoms with Crippen molar-refractivity contribution < 1.29 is 0 Å². The van der Waals surface area contributed by atoms with E-state index >= 15 is 0 Å². The number of likely N-dealkylation sites (N-methyl/N-ethyl adjacent to an activating group) is 1. The first-order chi connectivity index (χ1) is 9.72. The fourth-order valence-corrected chi connectivity index (χ4v) is 3.59. The topological polar surface area (TPSA) is 45.4 Å². The van der Waals surface area contributed by atoms with E-state index in [0.717, 1.165) is 38.4 Å². The molecule has 0 bridgehead atoms. The van der Waals surface area contributed by atoms with E-state index in [1.54, 1.807) is 0 Å². The molecule has 0 amide bonds. The maximum Gasteiger partial charge on any atom is 0.133 e. The van der Waals surface area contributed by atoms with Crippen LogP contribution >= 0.6 is 0 Å². The van der Waals surface area contributed by atoms with Crippen molar-refractivity contribution in [2.75, 3.05) is 31.1 Å². The summed E-state index contributed by atoms with van der Waals surface area (Å²) in [7, 11) is 0. The normalized spacial score (nSPS) is 23.1. The van der Waals surface area contributed by atoms with E-state index in [-0.39, 0.29) is 0 Å². The summed E-state index contributed by atoms with van der Waals surface area (Å²) in [5, 5.41) is 0. The molecular weight excluding hydrogens is 248 g/mol. The van der Waals surface area contributed by atoms with Crippen molar-refractivity contribution in [1.29, 1.82) is 0 Å². The number of nitrogens with zero attached hydrogens (tertiary/aromatic N) is 3. The first kappa shape index (κ1) is 13.8. The lowest BCUT2D eigenvalue weighted by molar-refractivity contribution is 0.199. The van der Waals surface area contributed by atoms with E-state index in [0.29, 0.717) is 12.6 Å². The van der Waals surface area contributed by atoms with Crippen LogP contribution in [0.1, 0.15) is 37.1 Å². The Hall–Kier alpha value is -1.13. The molecule has 110 valence electrons. The molecule has 0 saturated carbocycles. The van der Waals surface area contributed by atoms with E-state index in [1.165, 1.54) is 29.7 Å². The molecule has 0 radical (unpaired) electrons. The highest BCUT2D eigenvalue weighted by atomic mass is 15.3. The van der Waals surface area contributed by atoms with Gasteiger partial charge in [0.05, 0.1) is 0 Å². The molecule has 4 nitrogen and oxygen atoms in total. The number of aromatic nitrogens is 1. The van der Waals surface area contributed by atoms with Gasteiger partial charge in [-0.05, 0) is 44.4 Å². The Bertz CT molecular complexity index is 486. The molecule has 1 aromatic heterocycles. The number of nitrogens with two attached hydrogens (primary N) is 1. The number of hydrogen-bond acceptors (Lipinski definition) is 4. The van der Waals surface area contributed by atoms with Crippen molar-refractivity contribution in [2.24, 2.45) is 5.73 Å². The molecule has 2 N–H and O–H groups in total. The van der Waals surface area contributed by atoms with Gasteiger partial charge in [0.1, 0.15) is 5.82 Å². The second-order valence-corrected chi connectivity index (χ2v) is 6.06. The minimum Gasteiger partial charge on any atom is -0.353 e. The van der Waals surface area contributed by atoms with E-state index in [2.05, 4.69) is 29.7 Å². The minimum atomic E-state index is 0.592. The summed E-state index contributed by atoms with van der Waals surface area (Å²) in [6, 6.07) is 2.90. The molecule has 1 fully saturated rings. The Morgan fingerprint density at radius 3 is 2.90 bits per heavy atom. The number of fused-ring (bicyclic) bond motifs is 1. The highest BCUT2D eigenvalue weighted by Gasteiger charge is 2.26. The summed E-state index contributed by atoms with van der Waals surface area (Å²) in [4.78, 5) is 9.94. The van der Waals surface area contributed by atoms with Gasteiger partial charge in [-0.2, -0.15) is 0 Å². The van der Waals surface area contributed by atoms with Crippen molar-refractivity contribution in [1.82, 2.24) is 9.88 Å². The van der Waals surface area contributed by atoms with Gasteiger partial charge in [0.2, 0.25) is 0 Å². The molecule has 1 unspecified atom stereocenters. The smallest absolute Gasteiger partial charge is 0.133 e. The first-order valence-electron chi connectivity index (χ1n) is 7.93. The van der Waals surface area contributed by atoms with Crippen LogP contribution in [-0.4, -0.2) is 42.1 Å². The summed E-state index contributed by atoms with van der Waals surface area (Å²) in [6.45, 7) is 9.54. The van der Waals surface area contributed by atoms with Crippen molar-refractivity contribution in [2.45, 2.75) is 45.7 Å². The van der Waals surface area contributed by atoms with E-state index < -0.39 is 0 Å². The molecular formula is C16H26N4. The standard InChI is InChI=1S/C16H26N4/c1-3-19-7-8-20(11-12(19)2)16-14(10-17)9-13-5-4-6-15(13)18-16/h9,12H,3-8,10-11,17H2,1-2H3. The molecule has 2 heterocycles. The second kappa shape index (κ2) is 5.70. The van der Waals surface area contributed by atoms with Crippen molar-refractivity contribution in [3.63, 3.8) is 0 Å². The second-order valence-electron chi connectivity index (χ2n) is 6.06. The van der Waals surface area contributed by atoms with Gasteiger partial charge in [-0.15, -0.1) is 0 Å². The molecule has 2 aliphatic rings. The van der Waals surface area contributed by atoms with Gasteiger partial charge in [-0.1, -0.05) is 6.92 Å². The molecule has 0 spiro atoms. The fraction of sp³-hybridized carbons (Fsp3) is 0.688. The number of rotatable bonds is 3. The van der Waals surface area contributed by atoms with Crippen LogP contribution in [0.3, 0.4) is 0 Å². The van der Waals surface area contributed by atoms with Crippen LogP contribution in [0.5, 0.6) is 0 Å². The Morgan fingerprint density at radius 2 is 2.20 bits per heavy atom. The Morgan fingerprint density at radius 1 is 1.35 bits per heavy atom. The van der Waals surface area contributed by atoms with Gasteiger partial charge in [-0.3, -0.25) is 4.90 Å².